The maximum absolute atomic E-state index is 12.3. The van der Waals surface area contributed by atoms with Gasteiger partial charge in [-0.05, 0) is 42.8 Å². The number of nitrogens with two attached hydrogens (primary N) is 3. The molecule has 9 nitrogen and oxygen atoms in total. The molecule has 1 aliphatic rings. The standard InChI is InChI=1S/C20H23N5O4.C2H6/c21-17(11-25(23)14-9-10-28-12-14)20(27)24-13-5-7-15(8-6-13)29-18-4-2-1-3-16(18)19(22)26;1-2/h1-8,11,14H,9-10,12,21,23H2,(H2,22,26)(H,24,27);1-2H3/b17-11-;. The summed E-state index contributed by atoms with van der Waals surface area (Å²) < 4.78 is 11.0. The van der Waals surface area contributed by atoms with Gasteiger partial charge in [-0.1, -0.05) is 26.0 Å². The zero-order chi connectivity index (χ0) is 22.8. The molecule has 0 saturated carbocycles. The smallest absolute Gasteiger partial charge is 0.273 e. The molecule has 2 aromatic carbocycles. The van der Waals surface area contributed by atoms with Crippen molar-refractivity contribution in [2.24, 2.45) is 17.3 Å². The number of hydrazine groups is 1. The Labute approximate surface area is 181 Å². The lowest BCUT2D eigenvalue weighted by Crippen LogP contribution is -2.38. The summed E-state index contributed by atoms with van der Waals surface area (Å²) in [7, 11) is 0. The van der Waals surface area contributed by atoms with Crippen LogP contribution in [0.25, 0.3) is 0 Å². The fraction of sp³-hybridized carbons (Fsp3) is 0.273. The number of nitrogens with one attached hydrogen (secondary N) is 1. The van der Waals surface area contributed by atoms with Crippen LogP contribution in [0.1, 0.15) is 30.6 Å². The van der Waals surface area contributed by atoms with Crippen molar-refractivity contribution in [1.82, 2.24) is 5.01 Å². The first-order valence-corrected chi connectivity index (χ1v) is 10.00. The lowest BCUT2D eigenvalue weighted by atomic mass is 10.2. The van der Waals surface area contributed by atoms with Crippen LogP contribution >= 0.6 is 0 Å². The first-order valence-electron chi connectivity index (χ1n) is 10.00. The van der Waals surface area contributed by atoms with Crippen molar-refractivity contribution < 1.29 is 19.1 Å². The number of hydrogen-bond donors (Lipinski definition) is 4. The summed E-state index contributed by atoms with van der Waals surface area (Å²) in [5, 5.41) is 4.08. The predicted molar refractivity (Wildman–Crippen MR) is 119 cm³/mol. The van der Waals surface area contributed by atoms with Crippen molar-refractivity contribution in [1.29, 1.82) is 0 Å². The third kappa shape index (κ3) is 6.73. The van der Waals surface area contributed by atoms with E-state index in [2.05, 4.69) is 5.32 Å². The number of ether oxygens (including phenoxy) is 2. The number of amides is 2. The Morgan fingerprint density at radius 1 is 1.13 bits per heavy atom. The third-order valence-corrected chi connectivity index (χ3v) is 4.37. The quantitative estimate of drug-likeness (QED) is 0.301. The highest BCUT2D eigenvalue weighted by atomic mass is 16.5. The molecule has 0 spiro atoms. The van der Waals surface area contributed by atoms with Crippen LogP contribution in [-0.2, 0) is 9.53 Å². The van der Waals surface area contributed by atoms with E-state index in [1.807, 2.05) is 13.8 Å². The van der Waals surface area contributed by atoms with Gasteiger partial charge in [0.15, 0.2) is 0 Å². The molecule has 1 heterocycles. The van der Waals surface area contributed by atoms with E-state index in [9.17, 15) is 9.59 Å². The number of rotatable bonds is 7. The van der Waals surface area contributed by atoms with Crippen LogP contribution in [0, 0.1) is 0 Å². The van der Waals surface area contributed by atoms with Crippen LogP contribution in [0.5, 0.6) is 11.5 Å². The van der Waals surface area contributed by atoms with Gasteiger partial charge in [0.05, 0.1) is 18.2 Å². The predicted octanol–water partition coefficient (Wildman–Crippen LogP) is 2.31. The second kappa shape index (κ2) is 11.6. The topological polar surface area (TPSA) is 146 Å². The Balaban J connectivity index is 0.00000166. The molecule has 9 heteroatoms. The minimum Gasteiger partial charge on any atom is -0.457 e. The van der Waals surface area contributed by atoms with Crippen LogP contribution in [0.2, 0.25) is 0 Å². The van der Waals surface area contributed by atoms with Gasteiger partial charge in [0, 0.05) is 18.5 Å². The molecular formula is C22H29N5O4. The average molecular weight is 428 g/mol. The molecule has 166 valence electrons. The highest BCUT2D eigenvalue weighted by Gasteiger charge is 2.20. The molecular weight excluding hydrogens is 398 g/mol. The van der Waals surface area contributed by atoms with Crippen LogP contribution in [0.15, 0.2) is 60.4 Å². The first-order chi connectivity index (χ1) is 14.9. The van der Waals surface area contributed by atoms with E-state index in [1.165, 1.54) is 11.2 Å². The second-order valence-electron chi connectivity index (χ2n) is 6.49. The summed E-state index contributed by atoms with van der Waals surface area (Å²) in [6.45, 7) is 5.14. The van der Waals surface area contributed by atoms with Crippen LogP contribution < -0.4 is 27.4 Å². The Morgan fingerprint density at radius 3 is 2.42 bits per heavy atom. The Hall–Kier alpha value is -3.56. The maximum Gasteiger partial charge on any atom is 0.273 e. The van der Waals surface area contributed by atoms with Crippen molar-refractivity contribution in [2.75, 3.05) is 18.5 Å². The van der Waals surface area contributed by atoms with Gasteiger partial charge in [0.2, 0.25) is 0 Å². The second-order valence-corrected chi connectivity index (χ2v) is 6.49. The zero-order valence-corrected chi connectivity index (χ0v) is 17.7. The zero-order valence-electron chi connectivity index (χ0n) is 17.7. The summed E-state index contributed by atoms with van der Waals surface area (Å²) in [5.74, 6) is 5.68. The number of nitrogens with zero attached hydrogens (tertiary/aromatic N) is 1. The summed E-state index contributed by atoms with van der Waals surface area (Å²) >= 11 is 0. The van der Waals surface area contributed by atoms with Gasteiger partial charge in [0.1, 0.15) is 17.2 Å². The van der Waals surface area contributed by atoms with E-state index >= 15 is 0 Å². The number of para-hydroxylation sites is 1. The van der Waals surface area contributed by atoms with Crippen LogP contribution in [-0.4, -0.2) is 36.1 Å². The van der Waals surface area contributed by atoms with Gasteiger partial charge >= 0.3 is 0 Å². The Kier molecular flexibility index (Phi) is 8.86. The average Bonchev–Trinajstić information content (AvgIpc) is 3.32. The minimum atomic E-state index is -0.579. The van der Waals surface area contributed by atoms with Crippen molar-refractivity contribution in [3.05, 3.63) is 66.0 Å². The van der Waals surface area contributed by atoms with E-state index in [1.54, 1.807) is 48.5 Å². The maximum atomic E-state index is 12.3. The lowest BCUT2D eigenvalue weighted by molar-refractivity contribution is -0.113. The molecule has 0 aromatic heterocycles. The number of hydrogen-bond acceptors (Lipinski definition) is 7. The Bertz CT molecular complexity index is 908. The molecule has 1 fully saturated rings. The molecule has 1 aliphatic heterocycles. The molecule has 3 rings (SSSR count). The minimum absolute atomic E-state index is 0.000984. The number of carbonyl (C=O) groups excluding carboxylic acids is 2. The normalized spacial score (nSPS) is 15.5. The summed E-state index contributed by atoms with van der Waals surface area (Å²) in [6, 6.07) is 13.3. The van der Waals surface area contributed by atoms with Gasteiger partial charge in [0.25, 0.3) is 11.8 Å². The first kappa shape index (κ1) is 23.7. The van der Waals surface area contributed by atoms with Crippen molar-refractivity contribution in [2.45, 2.75) is 26.3 Å². The monoisotopic (exact) mass is 427 g/mol. The van der Waals surface area contributed by atoms with E-state index in [0.29, 0.717) is 30.4 Å². The molecule has 7 N–H and O–H groups in total. The van der Waals surface area contributed by atoms with Gasteiger partial charge in [-0.2, -0.15) is 0 Å². The number of carbonyl (C=O) groups is 2. The highest BCUT2D eigenvalue weighted by Crippen LogP contribution is 2.26. The van der Waals surface area contributed by atoms with E-state index in [0.717, 1.165) is 6.42 Å². The molecule has 0 aliphatic carbocycles. The highest BCUT2D eigenvalue weighted by molar-refractivity contribution is 6.02. The summed E-state index contributed by atoms with van der Waals surface area (Å²) in [4.78, 5) is 23.7. The Morgan fingerprint density at radius 2 is 1.81 bits per heavy atom. The van der Waals surface area contributed by atoms with Crippen LogP contribution in [0.3, 0.4) is 0 Å². The summed E-state index contributed by atoms with van der Waals surface area (Å²) in [5.41, 5.74) is 12.0. The molecule has 1 atom stereocenters. The molecule has 31 heavy (non-hydrogen) atoms. The van der Waals surface area contributed by atoms with Gasteiger partial charge in [-0.15, -0.1) is 0 Å². The van der Waals surface area contributed by atoms with E-state index < -0.39 is 11.8 Å². The van der Waals surface area contributed by atoms with Gasteiger partial charge in [-0.3, -0.25) is 9.59 Å². The van der Waals surface area contributed by atoms with Crippen molar-refractivity contribution in [3.8, 4) is 11.5 Å². The third-order valence-electron chi connectivity index (χ3n) is 4.37. The number of anilines is 1. The fourth-order valence-corrected chi connectivity index (χ4v) is 2.78. The number of primary amides is 1. The largest absolute Gasteiger partial charge is 0.457 e. The molecule has 1 saturated heterocycles. The molecule has 0 bridgehead atoms. The van der Waals surface area contributed by atoms with Gasteiger partial charge in [-0.25, -0.2) is 5.84 Å². The van der Waals surface area contributed by atoms with Gasteiger partial charge < -0.3 is 31.3 Å². The van der Waals surface area contributed by atoms with Crippen LogP contribution in [0.4, 0.5) is 5.69 Å². The lowest BCUT2D eigenvalue weighted by Gasteiger charge is -2.20. The van der Waals surface area contributed by atoms with E-state index in [4.69, 9.17) is 26.8 Å². The molecule has 1 unspecified atom stereocenters. The number of benzene rings is 2. The van der Waals surface area contributed by atoms with Crippen molar-refractivity contribution >= 4 is 17.5 Å². The fourth-order valence-electron chi connectivity index (χ4n) is 2.78. The molecule has 2 aromatic rings. The SMILES string of the molecule is CC.NC(=O)c1ccccc1Oc1ccc(NC(=O)/C(N)=C/N(N)C2CCOC2)cc1. The van der Waals surface area contributed by atoms with Crippen molar-refractivity contribution in [3.63, 3.8) is 0 Å². The molecule has 0 radical (unpaired) electrons. The van der Waals surface area contributed by atoms with E-state index in [-0.39, 0.29) is 17.3 Å². The summed E-state index contributed by atoms with van der Waals surface area (Å²) in [6.07, 6.45) is 2.18. The molecule has 2 amide bonds.